The van der Waals surface area contributed by atoms with Crippen LogP contribution in [-0.2, 0) is 38.6 Å². The third-order valence-electron chi connectivity index (χ3n) is 6.58. The van der Waals surface area contributed by atoms with Crippen molar-refractivity contribution in [3.8, 4) is 5.75 Å². The molecule has 2 aromatic carbocycles. The molecule has 0 saturated heterocycles. The second-order valence-corrected chi connectivity index (χ2v) is 10.3. The summed E-state index contributed by atoms with van der Waals surface area (Å²) in [5.74, 6) is -0.630. The zero-order chi connectivity index (χ0) is 30.2. The number of benzene rings is 2. The highest BCUT2D eigenvalue weighted by atomic mass is 35.5. The van der Waals surface area contributed by atoms with Gasteiger partial charge in [0.2, 0.25) is 5.91 Å². The molecule has 10 nitrogen and oxygen atoms in total. The average molecular weight is 600 g/mol. The number of methoxy groups -OCH3 is 1. The molecule has 0 aliphatic rings. The Kier molecular flexibility index (Phi) is 10.5. The predicted octanol–water partition coefficient (Wildman–Crippen LogP) is 4.48. The van der Waals surface area contributed by atoms with Gasteiger partial charge in [-0.05, 0) is 44.0 Å². The van der Waals surface area contributed by atoms with Crippen molar-refractivity contribution in [3.63, 3.8) is 0 Å². The van der Waals surface area contributed by atoms with Gasteiger partial charge in [-0.25, -0.2) is 19.2 Å². The van der Waals surface area contributed by atoms with Crippen LogP contribution >= 0.6 is 11.6 Å². The fraction of sp³-hybridized carbons (Fsp3) is 0.400. The molecule has 224 valence electrons. The summed E-state index contributed by atoms with van der Waals surface area (Å²) in [6, 6.07) is 12.0. The van der Waals surface area contributed by atoms with Crippen LogP contribution in [0.15, 0.2) is 42.5 Å². The fourth-order valence-corrected chi connectivity index (χ4v) is 4.91. The van der Waals surface area contributed by atoms with Gasteiger partial charge >= 0.3 is 5.97 Å². The number of fused-ring (bicyclic) bond motifs is 3. The van der Waals surface area contributed by atoms with Crippen LogP contribution < -0.4 is 10.5 Å². The number of ether oxygens (including phenoxy) is 3. The zero-order valence-electron chi connectivity index (χ0n) is 23.9. The molecule has 0 aliphatic carbocycles. The second kappa shape index (κ2) is 14.3. The van der Waals surface area contributed by atoms with Gasteiger partial charge in [-0.3, -0.25) is 4.79 Å². The van der Waals surface area contributed by atoms with Crippen molar-refractivity contribution < 1.29 is 28.2 Å². The highest BCUT2D eigenvalue weighted by Gasteiger charge is 2.19. The Morgan fingerprint density at radius 3 is 2.69 bits per heavy atom. The lowest BCUT2D eigenvalue weighted by Crippen LogP contribution is -2.33. The van der Waals surface area contributed by atoms with Gasteiger partial charge in [-0.2, -0.15) is 0 Å². The van der Waals surface area contributed by atoms with Crippen molar-refractivity contribution in [2.75, 3.05) is 38.5 Å². The molecule has 0 aliphatic heterocycles. The van der Waals surface area contributed by atoms with Gasteiger partial charge in [0.05, 0.1) is 23.7 Å². The van der Waals surface area contributed by atoms with E-state index in [4.69, 9.17) is 36.5 Å². The third-order valence-corrected chi connectivity index (χ3v) is 6.81. The van der Waals surface area contributed by atoms with Crippen molar-refractivity contribution in [2.45, 2.75) is 45.9 Å². The molecular weight excluding hydrogens is 565 g/mol. The highest BCUT2D eigenvalue weighted by Crippen LogP contribution is 2.29. The largest absolute Gasteiger partial charge is 0.479 e. The number of carbonyl (C=O) groups is 2. The van der Waals surface area contributed by atoms with E-state index in [1.54, 1.807) is 31.9 Å². The van der Waals surface area contributed by atoms with Gasteiger partial charge < -0.3 is 29.4 Å². The zero-order valence-corrected chi connectivity index (χ0v) is 24.7. The number of nitrogen functional groups attached to an aromatic ring is 1. The topological polar surface area (TPSA) is 122 Å². The average Bonchev–Trinajstić information content (AvgIpc) is 3.34. The van der Waals surface area contributed by atoms with E-state index >= 15 is 0 Å². The number of nitrogens with zero attached hydrogens (tertiary/aromatic N) is 4. The summed E-state index contributed by atoms with van der Waals surface area (Å²) >= 11 is 5.94. The van der Waals surface area contributed by atoms with E-state index in [2.05, 4.69) is 9.55 Å². The summed E-state index contributed by atoms with van der Waals surface area (Å²) < 4.78 is 32.2. The van der Waals surface area contributed by atoms with E-state index in [1.165, 1.54) is 12.1 Å². The number of nitrogens with two attached hydrogens (primary N) is 1. The van der Waals surface area contributed by atoms with Gasteiger partial charge in [-0.1, -0.05) is 24.3 Å². The molecule has 2 N–H and O–H groups in total. The van der Waals surface area contributed by atoms with Gasteiger partial charge in [-0.15, -0.1) is 11.6 Å². The van der Waals surface area contributed by atoms with Crippen molar-refractivity contribution in [3.05, 3.63) is 59.7 Å². The van der Waals surface area contributed by atoms with E-state index in [0.29, 0.717) is 49.4 Å². The van der Waals surface area contributed by atoms with Crippen LogP contribution in [0.3, 0.4) is 0 Å². The smallest absolute Gasteiger partial charge is 0.344 e. The molecular formula is C30H35ClFN5O5. The Balaban J connectivity index is 1.53. The SMILES string of the molecule is COCCc1nc2c(N)nc3ccccc3c2n1CCCN(Cc1ccc(F)c(OCC(=O)OC(C)C)c1)C(=O)CCl. The van der Waals surface area contributed by atoms with Crippen molar-refractivity contribution >= 4 is 51.2 Å². The minimum Gasteiger partial charge on any atom is -0.479 e. The van der Waals surface area contributed by atoms with E-state index < -0.39 is 18.4 Å². The standard InChI is InChI=1S/C30H35ClFN5O5/c1-19(2)42-27(39)18-41-24-15-20(9-10-22(24)32)17-36(26(38)16-31)12-6-13-37-25(11-14-40-3)35-28-29(37)21-7-4-5-8-23(21)34-30(28)33/h4-5,7-10,15,19H,6,11-14,16-18H2,1-3H3,(H2,33,34). The molecule has 4 rings (SSSR count). The summed E-state index contributed by atoms with van der Waals surface area (Å²) in [5, 5.41) is 0.933. The van der Waals surface area contributed by atoms with Crippen LogP contribution in [0.4, 0.5) is 10.2 Å². The number of esters is 1. The molecule has 4 aromatic rings. The molecule has 2 aromatic heterocycles. The van der Waals surface area contributed by atoms with Gasteiger partial charge in [0, 0.05) is 38.6 Å². The van der Waals surface area contributed by atoms with E-state index in [9.17, 15) is 14.0 Å². The summed E-state index contributed by atoms with van der Waals surface area (Å²) in [4.78, 5) is 35.5. The minimum absolute atomic E-state index is 0.0998. The number of amides is 1. The normalized spacial score (nSPS) is 11.4. The number of carbonyl (C=O) groups excluding carboxylic acids is 2. The number of anilines is 1. The number of pyridine rings is 1. The maximum absolute atomic E-state index is 14.4. The van der Waals surface area contributed by atoms with E-state index in [0.717, 1.165) is 22.2 Å². The Bertz CT molecular complexity index is 1560. The Hall–Kier alpha value is -3.96. The second-order valence-electron chi connectivity index (χ2n) is 10.0. The van der Waals surface area contributed by atoms with Crippen LogP contribution in [-0.4, -0.2) is 70.2 Å². The fourth-order valence-electron chi connectivity index (χ4n) is 4.74. The number of rotatable bonds is 14. The summed E-state index contributed by atoms with van der Waals surface area (Å²) in [7, 11) is 1.64. The molecule has 12 heteroatoms. The first kappa shape index (κ1) is 31.0. The molecule has 0 fully saturated rings. The van der Waals surface area contributed by atoms with Gasteiger partial charge in [0.15, 0.2) is 24.0 Å². The maximum atomic E-state index is 14.4. The number of alkyl halides is 1. The molecule has 0 bridgehead atoms. The summed E-state index contributed by atoms with van der Waals surface area (Å²) in [6.07, 6.45) is 0.847. The van der Waals surface area contributed by atoms with E-state index in [1.807, 2.05) is 24.3 Å². The predicted molar refractivity (Wildman–Crippen MR) is 159 cm³/mol. The van der Waals surface area contributed by atoms with E-state index in [-0.39, 0.29) is 30.2 Å². The number of aromatic nitrogens is 3. The summed E-state index contributed by atoms with van der Waals surface area (Å²) in [6.45, 7) is 4.59. The highest BCUT2D eigenvalue weighted by molar-refractivity contribution is 6.27. The molecule has 0 saturated carbocycles. The number of imidazole rings is 1. The molecule has 0 spiro atoms. The minimum atomic E-state index is -0.622. The molecule has 2 heterocycles. The van der Waals surface area contributed by atoms with Crippen LogP contribution in [0.1, 0.15) is 31.7 Å². The van der Waals surface area contributed by atoms with Crippen molar-refractivity contribution in [1.29, 1.82) is 0 Å². The first-order valence-corrected chi connectivity index (χ1v) is 14.2. The Morgan fingerprint density at radius 1 is 1.17 bits per heavy atom. The first-order valence-electron chi connectivity index (χ1n) is 13.7. The van der Waals surface area contributed by atoms with Crippen molar-refractivity contribution in [1.82, 2.24) is 19.4 Å². The lowest BCUT2D eigenvalue weighted by Gasteiger charge is -2.23. The van der Waals surface area contributed by atoms with Crippen molar-refractivity contribution in [2.24, 2.45) is 0 Å². The molecule has 42 heavy (non-hydrogen) atoms. The van der Waals surface area contributed by atoms with Gasteiger partial charge in [0.25, 0.3) is 0 Å². The molecule has 0 radical (unpaired) electrons. The maximum Gasteiger partial charge on any atom is 0.344 e. The molecule has 0 unspecified atom stereocenters. The number of halogens is 2. The van der Waals surface area contributed by atoms with Crippen LogP contribution in [0, 0.1) is 5.82 Å². The third kappa shape index (κ3) is 7.46. The number of para-hydroxylation sites is 1. The molecule has 1 amide bonds. The summed E-state index contributed by atoms with van der Waals surface area (Å²) in [5.41, 5.74) is 9.20. The lowest BCUT2D eigenvalue weighted by atomic mass is 10.1. The van der Waals surface area contributed by atoms with Crippen LogP contribution in [0.2, 0.25) is 0 Å². The lowest BCUT2D eigenvalue weighted by molar-refractivity contribution is -0.149. The number of hydrogen-bond acceptors (Lipinski definition) is 8. The monoisotopic (exact) mass is 599 g/mol. The number of aryl methyl sites for hydroxylation is 1. The Labute approximate surface area is 248 Å². The quantitative estimate of drug-likeness (QED) is 0.166. The van der Waals surface area contributed by atoms with Gasteiger partial charge in [0.1, 0.15) is 17.2 Å². The number of hydrogen-bond donors (Lipinski definition) is 1. The Morgan fingerprint density at radius 2 is 1.95 bits per heavy atom. The van der Waals surface area contributed by atoms with Crippen LogP contribution in [0.25, 0.3) is 21.9 Å². The first-order chi connectivity index (χ1) is 20.2. The molecule has 0 atom stereocenters. The van der Waals surface area contributed by atoms with Crippen LogP contribution in [0.5, 0.6) is 5.75 Å².